The summed E-state index contributed by atoms with van der Waals surface area (Å²) in [6.07, 6.45) is 2.76. The molecule has 0 radical (unpaired) electrons. The number of benzene rings is 3. The number of nitrogens with one attached hydrogen (secondary N) is 1. The summed E-state index contributed by atoms with van der Waals surface area (Å²) in [6.45, 7) is 1.79. The highest BCUT2D eigenvalue weighted by Crippen LogP contribution is 2.40. The maximum atomic E-state index is 12.2. The molecule has 40 heavy (non-hydrogen) atoms. The van der Waals surface area contributed by atoms with Crippen molar-refractivity contribution in [2.24, 2.45) is 0 Å². The maximum absolute atomic E-state index is 12.2. The largest absolute Gasteiger partial charge is 0.431 e. The van der Waals surface area contributed by atoms with Gasteiger partial charge in [-0.05, 0) is 60.0 Å². The summed E-state index contributed by atoms with van der Waals surface area (Å²) in [4.78, 5) is 24.0. The average Bonchev–Trinajstić information content (AvgIpc) is 2.94. The van der Waals surface area contributed by atoms with Gasteiger partial charge < -0.3 is 10.1 Å². The van der Waals surface area contributed by atoms with Crippen LogP contribution in [0.4, 0.5) is 17.2 Å². The minimum absolute atomic E-state index is 0.0918. The van der Waals surface area contributed by atoms with Crippen molar-refractivity contribution < 1.29 is 9.66 Å². The summed E-state index contributed by atoms with van der Waals surface area (Å²) in [6, 6.07) is 19.6. The van der Waals surface area contributed by atoms with Crippen LogP contribution in [-0.4, -0.2) is 19.9 Å². The van der Waals surface area contributed by atoms with Crippen LogP contribution in [0.2, 0.25) is 10.0 Å². The zero-order valence-electron chi connectivity index (χ0n) is 20.6. The predicted molar refractivity (Wildman–Crippen MR) is 157 cm³/mol. The highest BCUT2D eigenvalue weighted by atomic mass is 79.9. The molecule has 0 bridgehead atoms. The normalized spacial score (nSPS) is 11.6. The van der Waals surface area contributed by atoms with Gasteiger partial charge in [0, 0.05) is 31.8 Å². The van der Waals surface area contributed by atoms with Crippen LogP contribution in [0.25, 0.3) is 10.9 Å². The number of nitro groups is 1. The molecule has 12 heteroatoms. The molecule has 3 aromatic carbocycles. The molecule has 198 valence electrons. The van der Waals surface area contributed by atoms with E-state index in [9.17, 15) is 15.4 Å². The molecule has 1 unspecified atom stereocenters. The van der Waals surface area contributed by atoms with Gasteiger partial charge in [-0.15, -0.1) is 0 Å². The smallest absolute Gasteiger partial charge is 0.373 e. The van der Waals surface area contributed by atoms with Gasteiger partial charge in [-0.25, -0.2) is 4.98 Å². The van der Waals surface area contributed by atoms with Crippen molar-refractivity contribution in [2.45, 2.75) is 12.8 Å². The molecular weight excluding hydrogens is 619 g/mol. The van der Waals surface area contributed by atoms with E-state index in [1.807, 2.05) is 6.07 Å². The number of ether oxygens (including phenoxy) is 1. The molecule has 0 aliphatic rings. The van der Waals surface area contributed by atoms with E-state index in [0.29, 0.717) is 38.1 Å². The third kappa shape index (κ3) is 5.40. The van der Waals surface area contributed by atoms with E-state index in [4.69, 9.17) is 27.9 Å². The number of anilines is 2. The van der Waals surface area contributed by atoms with Gasteiger partial charge in [0.1, 0.15) is 11.8 Å². The molecule has 0 saturated heterocycles. The van der Waals surface area contributed by atoms with E-state index < -0.39 is 16.5 Å². The van der Waals surface area contributed by atoms with Crippen molar-refractivity contribution >= 4 is 67.2 Å². The molecule has 0 aliphatic heterocycles. The fourth-order valence-corrected chi connectivity index (χ4v) is 5.01. The Hall–Kier alpha value is -4.30. The Labute approximate surface area is 246 Å². The van der Waals surface area contributed by atoms with Crippen molar-refractivity contribution in [3.63, 3.8) is 0 Å². The van der Waals surface area contributed by atoms with E-state index >= 15 is 0 Å². The Kier molecular flexibility index (Phi) is 7.80. The molecule has 1 atom stereocenters. The molecule has 0 aliphatic carbocycles. The van der Waals surface area contributed by atoms with E-state index in [1.165, 1.54) is 0 Å². The lowest BCUT2D eigenvalue weighted by Gasteiger charge is -2.16. The van der Waals surface area contributed by atoms with Crippen LogP contribution < -0.4 is 10.1 Å². The third-order valence-electron chi connectivity index (χ3n) is 6.10. The fraction of sp³-hybridized carbons (Fsp3) is 0.0714. The predicted octanol–water partition coefficient (Wildman–Crippen LogP) is 8.50. The molecule has 5 aromatic rings. The number of fused-ring (bicyclic) bond motifs is 1. The Bertz CT molecular complexity index is 1810. The highest BCUT2D eigenvalue weighted by Gasteiger charge is 2.27. The minimum atomic E-state index is -0.639. The molecule has 0 saturated carbocycles. The lowest BCUT2D eigenvalue weighted by Crippen LogP contribution is -2.06. The standard InChI is InChI=1S/C28H17BrCl2N6O3/c1-15-11-19(20(13-32)16-4-6-17(30)7-5-16)22(31)12-23(15)36-27-26(37(38)39)28(35-14-34-27)40-24-9-8-21(29)18-3-2-10-33-25(18)24/h2-12,14,20H,1H3,(H,34,35,36). The molecule has 0 spiro atoms. The first kappa shape index (κ1) is 27.3. The Balaban J connectivity index is 1.51. The summed E-state index contributed by atoms with van der Waals surface area (Å²) in [5, 5.41) is 26.7. The van der Waals surface area contributed by atoms with Gasteiger partial charge >= 0.3 is 11.6 Å². The fourth-order valence-electron chi connectivity index (χ4n) is 4.16. The molecule has 0 amide bonds. The van der Waals surface area contributed by atoms with Crippen molar-refractivity contribution in [3.05, 3.63) is 115 Å². The Morgan fingerprint density at radius 2 is 1.88 bits per heavy atom. The van der Waals surface area contributed by atoms with Gasteiger partial charge in [-0.1, -0.05) is 63.4 Å². The van der Waals surface area contributed by atoms with Crippen molar-refractivity contribution in [3.8, 4) is 17.7 Å². The molecular formula is C28H17BrCl2N6O3. The van der Waals surface area contributed by atoms with Crippen LogP contribution in [0.15, 0.2) is 77.7 Å². The molecule has 1 N–H and O–H groups in total. The van der Waals surface area contributed by atoms with E-state index in [-0.39, 0.29) is 11.7 Å². The number of hydrogen-bond donors (Lipinski definition) is 1. The number of rotatable bonds is 7. The first-order valence-corrected chi connectivity index (χ1v) is 13.2. The van der Waals surface area contributed by atoms with Crippen molar-refractivity contribution in [1.82, 2.24) is 15.0 Å². The third-order valence-corrected chi connectivity index (χ3v) is 7.37. The van der Waals surface area contributed by atoms with Gasteiger partial charge in [-0.3, -0.25) is 15.1 Å². The monoisotopic (exact) mass is 634 g/mol. The van der Waals surface area contributed by atoms with Gasteiger partial charge in [0.2, 0.25) is 5.82 Å². The van der Waals surface area contributed by atoms with E-state index in [0.717, 1.165) is 21.7 Å². The Morgan fingerprint density at radius 3 is 2.60 bits per heavy atom. The summed E-state index contributed by atoms with van der Waals surface area (Å²) >= 11 is 16.1. The molecule has 2 aromatic heterocycles. The highest BCUT2D eigenvalue weighted by molar-refractivity contribution is 9.10. The van der Waals surface area contributed by atoms with Gasteiger partial charge in [-0.2, -0.15) is 10.2 Å². The van der Waals surface area contributed by atoms with Crippen LogP contribution in [-0.2, 0) is 0 Å². The number of aryl methyl sites for hydroxylation is 1. The lowest BCUT2D eigenvalue weighted by atomic mass is 9.91. The summed E-state index contributed by atoms with van der Waals surface area (Å²) in [7, 11) is 0. The lowest BCUT2D eigenvalue weighted by molar-refractivity contribution is -0.385. The minimum Gasteiger partial charge on any atom is -0.431 e. The number of pyridine rings is 1. The zero-order valence-corrected chi connectivity index (χ0v) is 23.7. The van der Waals surface area contributed by atoms with Crippen LogP contribution in [0, 0.1) is 28.4 Å². The molecule has 0 fully saturated rings. The second kappa shape index (κ2) is 11.4. The van der Waals surface area contributed by atoms with Crippen molar-refractivity contribution in [1.29, 1.82) is 5.26 Å². The number of hydrogen-bond acceptors (Lipinski definition) is 8. The number of halogens is 3. The van der Waals surface area contributed by atoms with Gasteiger partial charge in [0.25, 0.3) is 0 Å². The number of nitrogens with zero attached hydrogens (tertiary/aromatic N) is 5. The molecule has 5 rings (SSSR count). The van der Waals surface area contributed by atoms with Crippen LogP contribution in [0.3, 0.4) is 0 Å². The van der Waals surface area contributed by atoms with Crippen LogP contribution in [0.1, 0.15) is 22.6 Å². The number of aromatic nitrogens is 3. The first-order valence-electron chi connectivity index (χ1n) is 11.7. The average molecular weight is 636 g/mol. The number of nitriles is 1. The maximum Gasteiger partial charge on any atom is 0.373 e. The van der Waals surface area contributed by atoms with Crippen LogP contribution in [0.5, 0.6) is 11.6 Å². The quantitative estimate of drug-likeness (QED) is 0.139. The van der Waals surface area contributed by atoms with Gasteiger partial charge in [0.15, 0.2) is 5.75 Å². The molecule has 2 heterocycles. The summed E-state index contributed by atoms with van der Waals surface area (Å²) in [5.74, 6) is -0.699. The van der Waals surface area contributed by atoms with Gasteiger partial charge in [0.05, 0.1) is 16.9 Å². The second-order valence-corrected chi connectivity index (χ2v) is 10.3. The zero-order chi connectivity index (χ0) is 28.4. The summed E-state index contributed by atoms with van der Waals surface area (Å²) < 4.78 is 6.71. The summed E-state index contributed by atoms with van der Waals surface area (Å²) in [5.41, 5.74) is 2.51. The first-order chi connectivity index (χ1) is 19.3. The Morgan fingerprint density at radius 1 is 1.10 bits per heavy atom. The molecule has 9 nitrogen and oxygen atoms in total. The SMILES string of the molecule is Cc1cc(C(C#N)c2ccc(Cl)cc2)c(Cl)cc1Nc1ncnc(Oc2ccc(Br)c3cccnc23)c1[N+](=O)[O-]. The topological polar surface area (TPSA) is 127 Å². The van der Waals surface area contributed by atoms with Crippen molar-refractivity contribution in [2.75, 3.05) is 5.32 Å². The van der Waals surface area contributed by atoms with Crippen LogP contribution >= 0.6 is 39.1 Å². The second-order valence-electron chi connectivity index (χ2n) is 8.61. The van der Waals surface area contributed by atoms with E-state index in [2.05, 4.69) is 42.3 Å². The van der Waals surface area contributed by atoms with E-state index in [1.54, 1.807) is 67.7 Å².